The molecule has 4 atom stereocenters. The highest BCUT2D eigenvalue weighted by atomic mass is 19.4. The minimum atomic E-state index is -4.54. The molecular formula is C40H54F3N3O7. The first-order valence-corrected chi connectivity index (χ1v) is 19.0. The van der Waals surface area contributed by atoms with Gasteiger partial charge in [-0.2, -0.15) is 13.2 Å². The number of carbonyl (C=O) groups is 2. The standard InChI is InChI=1S/C40H54F3N3O7/c1-5-53-39(25-45(30-9-13-33(52-4)14-10-30)23-35(39)26-6-11-32(51-3)12-7-26)38(49)46-22-28(20-31(46)24-50-2)34-15-8-29(40(41,42)43)21-36(34)44-18-16-27(17-19-44)37(47)48/h6-8,11-12,15,21,27-28,30-31,33,35H,5,9-10,13-14,16-20,22-25H2,1-4H3,(H,47,48)/t28-,30?,31+,33?,35+,39+/m1/s1. The second-order valence-electron chi connectivity index (χ2n) is 15.1. The zero-order valence-electron chi connectivity index (χ0n) is 31.3. The predicted molar refractivity (Wildman–Crippen MR) is 193 cm³/mol. The molecule has 3 heterocycles. The number of aliphatic carboxylic acids is 1. The molecule has 1 aliphatic carbocycles. The summed E-state index contributed by atoms with van der Waals surface area (Å²) in [6.07, 6.45) is 0.718. The first-order valence-electron chi connectivity index (χ1n) is 19.0. The number of carbonyl (C=O) groups excluding carboxylic acids is 1. The Kier molecular flexibility index (Phi) is 12.3. The van der Waals surface area contributed by atoms with Gasteiger partial charge in [0, 0.05) is 77.1 Å². The lowest BCUT2D eigenvalue weighted by Crippen LogP contribution is -2.57. The van der Waals surface area contributed by atoms with Crippen LogP contribution in [0.5, 0.6) is 5.75 Å². The Bertz CT molecular complexity index is 1560. The quantitative estimate of drug-likeness (QED) is 0.273. The van der Waals surface area contributed by atoms with Crippen LogP contribution in [0.2, 0.25) is 0 Å². The average Bonchev–Trinajstić information content (AvgIpc) is 3.77. The molecular weight excluding hydrogens is 691 g/mol. The van der Waals surface area contributed by atoms with E-state index in [1.165, 1.54) is 6.07 Å². The van der Waals surface area contributed by atoms with E-state index in [1.807, 2.05) is 41.0 Å². The number of nitrogens with zero attached hydrogens (tertiary/aromatic N) is 3. The summed E-state index contributed by atoms with van der Waals surface area (Å²) in [7, 11) is 4.97. The lowest BCUT2D eigenvalue weighted by molar-refractivity contribution is -0.160. The lowest BCUT2D eigenvalue weighted by atomic mass is 9.83. The third-order valence-corrected chi connectivity index (χ3v) is 12.2. The van der Waals surface area contributed by atoms with E-state index in [1.54, 1.807) is 27.4 Å². The molecule has 53 heavy (non-hydrogen) atoms. The minimum absolute atomic E-state index is 0.131. The molecule has 0 spiro atoms. The van der Waals surface area contributed by atoms with Crippen LogP contribution in [0.15, 0.2) is 42.5 Å². The van der Waals surface area contributed by atoms with E-state index in [9.17, 15) is 23.1 Å². The Morgan fingerprint density at radius 2 is 1.64 bits per heavy atom. The number of ether oxygens (including phenoxy) is 4. The van der Waals surface area contributed by atoms with Crippen molar-refractivity contribution in [2.24, 2.45) is 5.92 Å². The molecule has 0 bridgehead atoms. The molecule has 4 aliphatic rings. The number of benzene rings is 2. The first kappa shape index (κ1) is 39.3. The van der Waals surface area contributed by atoms with E-state index in [2.05, 4.69) is 4.90 Å². The van der Waals surface area contributed by atoms with Crippen molar-refractivity contribution < 1.29 is 46.8 Å². The highest BCUT2D eigenvalue weighted by Gasteiger charge is 2.58. The van der Waals surface area contributed by atoms with E-state index in [-0.39, 0.29) is 42.5 Å². The number of hydrogen-bond acceptors (Lipinski definition) is 8. The van der Waals surface area contributed by atoms with Gasteiger partial charge in [0.1, 0.15) is 5.75 Å². The number of anilines is 1. The molecule has 1 amide bonds. The number of methoxy groups -OCH3 is 3. The van der Waals surface area contributed by atoms with Crippen LogP contribution in [0.4, 0.5) is 18.9 Å². The lowest BCUT2D eigenvalue weighted by Gasteiger charge is -2.39. The Hall–Kier alpha value is -3.39. The van der Waals surface area contributed by atoms with Crippen molar-refractivity contribution in [1.82, 2.24) is 9.80 Å². The van der Waals surface area contributed by atoms with Gasteiger partial charge < -0.3 is 33.9 Å². The fraction of sp³-hybridized carbons (Fsp3) is 0.650. The zero-order chi connectivity index (χ0) is 37.9. The highest BCUT2D eigenvalue weighted by Crippen LogP contribution is 2.47. The summed E-state index contributed by atoms with van der Waals surface area (Å²) >= 11 is 0. The topological polar surface area (TPSA) is 101 Å². The van der Waals surface area contributed by atoms with E-state index < -0.39 is 29.2 Å². The molecule has 0 unspecified atom stereocenters. The zero-order valence-corrected chi connectivity index (χ0v) is 31.3. The number of likely N-dealkylation sites (tertiary alicyclic amines) is 2. The summed E-state index contributed by atoms with van der Waals surface area (Å²) in [4.78, 5) is 33.2. The third kappa shape index (κ3) is 8.18. The SMILES string of the molecule is CCO[C@@]1(C(=O)N2C[C@H](c3ccc(C(F)(F)F)cc3N3CCC(C(=O)O)CC3)C[C@H]2COC)CN(C2CCC(OC)CC2)C[C@H]1c1ccc(OC)cc1. The maximum absolute atomic E-state index is 15.4. The largest absolute Gasteiger partial charge is 0.497 e. The van der Waals surface area contributed by atoms with E-state index >= 15 is 4.79 Å². The molecule has 13 heteroatoms. The number of amides is 1. The molecule has 2 aromatic carbocycles. The van der Waals surface area contributed by atoms with Crippen LogP contribution in [0, 0.1) is 5.92 Å². The highest BCUT2D eigenvalue weighted by molar-refractivity contribution is 5.88. The van der Waals surface area contributed by atoms with Gasteiger partial charge in [-0.05, 0) is 87.3 Å². The van der Waals surface area contributed by atoms with Crippen LogP contribution >= 0.6 is 0 Å². The number of carboxylic acids is 1. The summed E-state index contributed by atoms with van der Waals surface area (Å²) in [5.41, 5.74) is 0.203. The normalized spacial score (nSPS) is 28.8. The van der Waals surface area contributed by atoms with E-state index in [4.69, 9.17) is 18.9 Å². The monoisotopic (exact) mass is 745 g/mol. The number of hydrogen-bond donors (Lipinski definition) is 1. The van der Waals surface area contributed by atoms with Crippen LogP contribution < -0.4 is 9.64 Å². The van der Waals surface area contributed by atoms with Gasteiger partial charge in [-0.25, -0.2) is 0 Å². The van der Waals surface area contributed by atoms with Crippen LogP contribution in [0.1, 0.15) is 80.4 Å². The molecule has 292 valence electrons. The number of rotatable bonds is 12. The molecule has 1 saturated carbocycles. The summed E-state index contributed by atoms with van der Waals surface area (Å²) in [5.74, 6) is -1.37. The van der Waals surface area contributed by atoms with Gasteiger partial charge in [0.2, 0.25) is 0 Å². The molecule has 3 aliphatic heterocycles. The third-order valence-electron chi connectivity index (χ3n) is 12.2. The van der Waals surface area contributed by atoms with Crippen LogP contribution in [-0.2, 0) is 30.0 Å². The summed E-state index contributed by atoms with van der Waals surface area (Å²) < 4.78 is 65.7. The smallest absolute Gasteiger partial charge is 0.416 e. The Morgan fingerprint density at radius 3 is 2.23 bits per heavy atom. The molecule has 6 rings (SSSR count). The van der Waals surface area contributed by atoms with Gasteiger partial charge in [0.05, 0.1) is 37.3 Å². The second-order valence-corrected chi connectivity index (χ2v) is 15.1. The molecule has 0 radical (unpaired) electrons. The summed E-state index contributed by atoms with van der Waals surface area (Å²) in [6, 6.07) is 11.7. The van der Waals surface area contributed by atoms with Crippen LogP contribution in [-0.4, -0.2) is 118 Å². The number of alkyl halides is 3. The Labute approximate surface area is 310 Å². The maximum Gasteiger partial charge on any atom is 0.416 e. The van der Waals surface area contributed by atoms with Crippen LogP contribution in [0.3, 0.4) is 0 Å². The van der Waals surface area contributed by atoms with Crippen molar-refractivity contribution in [1.29, 1.82) is 0 Å². The summed E-state index contributed by atoms with van der Waals surface area (Å²) in [6.45, 7) is 4.52. The van der Waals surface area contributed by atoms with Gasteiger partial charge >= 0.3 is 12.1 Å². The van der Waals surface area contributed by atoms with Crippen molar-refractivity contribution in [3.63, 3.8) is 0 Å². The van der Waals surface area contributed by atoms with Crippen molar-refractivity contribution in [2.75, 3.05) is 72.2 Å². The van der Waals surface area contributed by atoms with E-state index in [0.29, 0.717) is 64.3 Å². The minimum Gasteiger partial charge on any atom is -0.497 e. The van der Waals surface area contributed by atoms with Gasteiger partial charge in [-0.3, -0.25) is 14.5 Å². The van der Waals surface area contributed by atoms with Crippen molar-refractivity contribution >= 4 is 17.6 Å². The molecule has 2 aromatic rings. The fourth-order valence-corrected chi connectivity index (χ4v) is 9.37. The predicted octanol–water partition coefficient (Wildman–Crippen LogP) is 6.18. The van der Waals surface area contributed by atoms with Gasteiger partial charge in [-0.15, -0.1) is 0 Å². The Balaban J connectivity index is 1.35. The molecule has 4 fully saturated rings. The number of piperidine rings is 1. The number of carboxylic acid groups (broad SMARTS) is 1. The average molecular weight is 746 g/mol. The molecule has 1 N–H and O–H groups in total. The second kappa shape index (κ2) is 16.5. The van der Waals surface area contributed by atoms with Crippen LogP contribution in [0.25, 0.3) is 0 Å². The van der Waals surface area contributed by atoms with Crippen molar-refractivity contribution in [3.8, 4) is 5.75 Å². The summed E-state index contributed by atoms with van der Waals surface area (Å²) in [5, 5.41) is 9.57. The van der Waals surface area contributed by atoms with E-state index in [0.717, 1.165) is 48.6 Å². The number of halogens is 3. The van der Waals surface area contributed by atoms with Gasteiger partial charge in [0.25, 0.3) is 5.91 Å². The first-order chi connectivity index (χ1) is 25.4. The maximum atomic E-state index is 15.4. The van der Waals surface area contributed by atoms with Crippen molar-refractivity contribution in [2.45, 2.75) is 93.7 Å². The van der Waals surface area contributed by atoms with Crippen molar-refractivity contribution in [3.05, 3.63) is 59.2 Å². The molecule has 3 saturated heterocycles. The Morgan fingerprint density at radius 1 is 0.943 bits per heavy atom. The van der Waals surface area contributed by atoms with Gasteiger partial charge in [0.15, 0.2) is 5.60 Å². The molecule has 10 nitrogen and oxygen atoms in total. The fourth-order valence-electron chi connectivity index (χ4n) is 9.37. The van der Waals surface area contributed by atoms with Gasteiger partial charge in [-0.1, -0.05) is 18.2 Å². The molecule has 0 aromatic heterocycles.